The molecule has 10 nitrogen and oxygen atoms in total. The zero-order valence-corrected chi connectivity index (χ0v) is 20.2. The Hall–Kier alpha value is -4.22. The number of nitro groups is 1. The Morgan fingerprint density at radius 2 is 1.89 bits per heavy atom. The summed E-state index contributed by atoms with van der Waals surface area (Å²) in [6, 6.07) is 14.2. The van der Waals surface area contributed by atoms with Crippen LogP contribution in [0.1, 0.15) is 22.2 Å². The lowest BCUT2D eigenvalue weighted by atomic mass is 9.76. The number of hydrogen-bond acceptors (Lipinski definition) is 8. The van der Waals surface area contributed by atoms with Crippen molar-refractivity contribution in [1.29, 1.82) is 0 Å². The molecule has 2 aliphatic heterocycles. The number of non-ortho nitro benzene ring substituents is 1. The van der Waals surface area contributed by atoms with E-state index in [4.69, 9.17) is 0 Å². The average molecular weight is 519 g/mol. The normalized spacial score (nSPS) is 25.1. The number of carbonyl (C=O) groups is 3. The Balaban J connectivity index is 1.50. The first-order chi connectivity index (χ1) is 17.8. The Kier molecular flexibility index (Phi) is 6.40. The minimum absolute atomic E-state index is 0.0113. The number of carbonyl (C=O) groups excluding carboxylic acids is 2. The predicted octanol–water partition coefficient (Wildman–Crippen LogP) is 3.08. The second kappa shape index (κ2) is 9.68. The highest BCUT2D eigenvalue weighted by molar-refractivity contribution is 7.09. The quantitative estimate of drug-likeness (QED) is 0.263. The van der Waals surface area contributed by atoms with Gasteiger partial charge in [-0.25, -0.2) is 4.98 Å². The molecule has 3 heterocycles. The van der Waals surface area contributed by atoms with E-state index >= 15 is 0 Å². The molecule has 3 aromatic rings. The van der Waals surface area contributed by atoms with Crippen molar-refractivity contribution >= 4 is 40.9 Å². The summed E-state index contributed by atoms with van der Waals surface area (Å²) in [5.74, 6) is -4.41. The molecule has 0 aliphatic carbocycles. The molecule has 0 bridgehead atoms. The number of rotatable bonds is 8. The Morgan fingerprint density at radius 1 is 1.16 bits per heavy atom. The van der Waals surface area contributed by atoms with Gasteiger partial charge in [0.25, 0.3) is 5.69 Å². The summed E-state index contributed by atoms with van der Waals surface area (Å²) in [5.41, 5.74) is -0.541. The number of carboxylic acid groups (broad SMARTS) is 1. The maximum Gasteiger partial charge on any atom is 0.325 e. The minimum atomic E-state index is -1.80. The van der Waals surface area contributed by atoms with Crippen LogP contribution >= 0.6 is 11.3 Å². The number of amides is 2. The van der Waals surface area contributed by atoms with E-state index in [1.165, 1.54) is 35.6 Å². The molecule has 2 fully saturated rings. The van der Waals surface area contributed by atoms with Crippen molar-refractivity contribution in [3.63, 3.8) is 0 Å². The van der Waals surface area contributed by atoms with E-state index in [2.05, 4.69) is 10.3 Å². The zero-order valence-electron chi connectivity index (χ0n) is 19.4. The van der Waals surface area contributed by atoms with Crippen molar-refractivity contribution < 1.29 is 24.4 Å². The topological polar surface area (TPSA) is 143 Å². The summed E-state index contributed by atoms with van der Waals surface area (Å²) in [6.07, 6.45) is 4.93. The molecule has 5 rings (SSSR count). The van der Waals surface area contributed by atoms with Gasteiger partial charge in [-0.2, -0.15) is 0 Å². The summed E-state index contributed by atoms with van der Waals surface area (Å²) in [7, 11) is 0. The van der Waals surface area contributed by atoms with Crippen LogP contribution in [0, 0.1) is 22.0 Å². The number of nitrogens with one attached hydrogen (secondary N) is 1. The largest absolute Gasteiger partial charge is 0.480 e. The van der Waals surface area contributed by atoms with Crippen LogP contribution in [0.25, 0.3) is 6.08 Å². The Morgan fingerprint density at radius 3 is 2.51 bits per heavy atom. The second-order valence-corrected chi connectivity index (χ2v) is 9.90. The molecule has 188 valence electrons. The Bertz CT molecular complexity index is 1380. The predicted molar refractivity (Wildman–Crippen MR) is 134 cm³/mol. The molecule has 4 atom stereocenters. The summed E-state index contributed by atoms with van der Waals surface area (Å²) < 4.78 is 0. The number of benzene rings is 2. The van der Waals surface area contributed by atoms with E-state index in [9.17, 15) is 29.6 Å². The van der Waals surface area contributed by atoms with Crippen LogP contribution in [-0.2, 0) is 20.8 Å². The fraction of sp³-hybridized carbons (Fsp3) is 0.231. The molecular formula is C26H22N4O6S. The standard InChI is InChI=1S/C26H22N4O6S/c31-23-19-20(24(32)29(23)13-4-7-16-5-2-1-3-6-16)26(25(33)34,28-21(19)22-27-12-14-37-22)15-17-8-10-18(11-9-17)30(35)36/h1-12,14,19-21,28H,13,15H2,(H,33,34)/b7-4-. The van der Waals surface area contributed by atoms with Crippen LogP contribution in [0.2, 0.25) is 0 Å². The lowest BCUT2D eigenvalue weighted by Crippen LogP contribution is -2.57. The number of aromatic nitrogens is 1. The van der Waals surface area contributed by atoms with Gasteiger partial charge in [-0.05, 0) is 11.1 Å². The lowest BCUT2D eigenvalue weighted by Gasteiger charge is -2.31. The highest BCUT2D eigenvalue weighted by Crippen LogP contribution is 2.50. The number of thiazole rings is 1. The maximum absolute atomic E-state index is 13.7. The molecule has 1 aromatic heterocycles. The van der Waals surface area contributed by atoms with Gasteiger partial charge in [0.1, 0.15) is 10.5 Å². The van der Waals surface area contributed by atoms with Gasteiger partial charge in [-0.15, -0.1) is 11.3 Å². The number of imide groups is 1. The first-order valence-corrected chi connectivity index (χ1v) is 12.4. The summed E-state index contributed by atoms with van der Waals surface area (Å²) in [6.45, 7) is 0.0113. The third-order valence-electron chi connectivity index (χ3n) is 6.87. The molecule has 2 amide bonds. The number of hydrogen-bond donors (Lipinski definition) is 2. The molecule has 2 saturated heterocycles. The van der Waals surface area contributed by atoms with Crippen molar-refractivity contribution in [2.75, 3.05) is 6.54 Å². The fourth-order valence-corrected chi connectivity index (χ4v) is 5.93. The highest BCUT2D eigenvalue weighted by atomic mass is 32.1. The summed E-state index contributed by atoms with van der Waals surface area (Å²) in [4.78, 5) is 56.0. The van der Waals surface area contributed by atoms with E-state index in [-0.39, 0.29) is 18.7 Å². The third-order valence-corrected chi connectivity index (χ3v) is 7.73. The van der Waals surface area contributed by atoms with Crippen LogP contribution in [-0.4, -0.2) is 49.8 Å². The fourth-order valence-electron chi connectivity index (χ4n) is 5.19. The van der Waals surface area contributed by atoms with Crippen LogP contribution in [0.15, 0.2) is 72.3 Å². The van der Waals surface area contributed by atoms with Crippen LogP contribution < -0.4 is 5.32 Å². The van der Waals surface area contributed by atoms with Gasteiger partial charge in [0.05, 0.1) is 22.8 Å². The van der Waals surface area contributed by atoms with Crippen molar-refractivity contribution in [1.82, 2.24) is 15.2 Å². The first kappa shape index (κ1) is 24.5. The number of nitro benzene ring substituents is 1. The smallest absolute Gasteiger partial charge is 0.325 e. The van der Waals surface area contributed by atoms with E-state index in [1.807, 2.05) is 30.3 Å². The number of nitrogens with zero attached hydrogens (tertiary/aromatic N) is 3. The van der Waals surface area contributed by atoms with Gasteiger partial charge >= 0.3 is 5.97 Å². The summed E-state index contributed by atoms with van der Waals surface area (Å²) in [5, 5.41) is 26.8. The highest BCUT2D eigenvalue weighted by Gasteiger charge is 2.68. The van der Waals surface area contributed by atoms with Gasteiger partial charge in [0.15, 0.2) is 0 Å². The van der Waals surface area contributed by atoms with Crippen molar-refractivity contribution in [3.05, 3.63) is 98.5 Å². The maximum atomic E-state index is 13.7. The van der Waals surface area contributed by atoms with E-state index in [0.717, 1.165) is 10.5 Å². The van der Waals surface area contributed by atoms with Crippen molar-refractivity contribution in [2.24, 2.45) is 11.8 Å². The SMILES string of the molecule is O=C1C2C(c3nccs3)NC(Cc3ccc([N+](=O)[O-])cc3)(C(=O)O)C2C(=O)N1C/C=C\c1ccccc1. The molecule has 2 N–H and O–H groups in total. The van der Waals surface area contributed by atoms with Crippen molar-refractivity contribution in [2.45, 2.75) is 18.0 Å². The second-order valence-electron chi connectivity index (χ2n) is 8.97. The van der Waals surface area contributed by atoms with Crippen LogP contribution in [0.4, 0.5) is 5.69 Å². The minimum Gasteiger partial charge on any atom is -0.480 e. The Labute approximate surface area is 215 Å². The number of fused-ring (bicyclic) bond motifs is 1. The lowest BCUT2D eigenvalue weighted by molar-refractivity contribution is -0.384. The monoisotopic (exact) mass is 518 g/mol. The number of likely N-dealkylation sites (tertiary alicyclic amines) is 1. The third kappa shape index (κ3) is 4.32. The average Bonchev–Trinajstić information content (AvgIpc) is 3.59. The molecule has 0 saturated carbocycles. The molecule has 2 aromatic carbocycles. The zero-order chi connectivity index (χ0) is 26.2. The van der Waals surface area contributed by atoms with Gasteiger partial charge in [-0.1, -0.05) is 54.6 Å². The summed E-state index contributed by atoms with van der Waals surface area (Å²) >= 11 is 1.28. The molecule has 37 heavy (non-hydrogen) atoms. The van der Waals surface area contributed by atoms with Crippen LogP contribution in [0.3, 0.4) is 0 Å². The van der Waals surface area contributed by atoms with Gasteiger partial charge < -0.3 is 5.11 Å². The van der Waals surface area contributed by atoms with Crippen LogP contribution in [0.5, 0.6) is 0 Å². The molecular weight excluding hydrogens is 496 g/mol. The van der Waals surface area contributed by atoms with E-state index in [0.29, 0.717) is 10.6 Å². The number of carboxylic acids is 1. The number of aliphatic carboxylic acids is 1. The van der Waals surface area contributed by atoms with Crippen molar-refractivity contribution in [3.8, 4) is 0 Å². The van der Waals surface area contributed by atoms with Gasteiger partial charge in [0, 0.05) is 36.7 Å². The molecule has 4 unspecified atom stereocenters. The van der Waals surface area contributed by atoms with E-state index in [1.54, 1.807) is 23.7 Å². The molecule has 0 radical (unpaired) electrons. The molecule has 11 heteroatoms. The molecule has 0 spiro atoms. The first-order valence-electron chi connectivity index (χ1n) is 11.5. The van der Waals surface area contributed by atoms with Gasteiger partial charge in [-0.3, -0.25) is 34.7 Å². The van der Waals surface area contributed by atoms with Gasteiger partial charge in [0.2, 0.25) is 11.8 Å². The molecule has 2 aliphatic rings. The van der Waals surface area contributed by atoms with E-state index < -0.39 is 46.1 Å².